The zero-order valence-electron chi connectivity index (χ0n) is 11.7. The molecule has 8 heteroatoms. The molecule has 0 aliphatic carbocycles. The van der Waals surface area contributed by atoms with Crippen LogP contribution in [0.2, 0.25) is 0 Å². The van der Waals surface area contributed by atoms with Crippen molar-refractivity contribution in [2.75, 3.05) is 18.5 Å². The van der Waals surface area contributed by atoms with Crippen LogP contribution in [0, 0.1) is 10.1 Å². The topological polar surface area (TPSA) is 107 Å². The Morgan fingerprint density at radius 3 is 2.67 bits per heavy atom. The van der Waals surface area contributed by atoms with Crippen LogP contribution in [-0.4, -0.2) is 24.2 Å². The molecule has 114 valence electrons. The number of rotatable bonds is 6. The van der Waals surface area contributed by atoms with Gasteiger partial charge in [-0.1, -0.05) is 11.6 Å². The van der Waals surface area contributed by atoms with Crippen molar-refractivity contribution in [3.63, 3.8) is 0 Å². The summed E-state index contributed by atoms with van der Waals surface area (Å²) in [6.45, 7) is 4.14. The minimum absolute atomic E-state index is 0.0173. The van der Waals surface area contributed by atoms with Crippen LogP contribution in [0.15, 0.2) is 33.8 Å². The minimum Gasteiger partial charge on any atom is -0.445 e. The summed E-state index contributed by atoms with van der Waals surface area (Å²) >= 11 is 3.16. The highest BCUT2D eigenvalue weighted by atomic mass is 79.9. The number of benzene rings is 1. The molecule has 0 aromatic heterocycles. The van der Waals surface area contributed by atoms with E-state index in [9.17, 15) is 14.9 Å². The van der Waals surface area contributed by atoms with Gasteiger partial charge in [-0.25, -0.2) is 4.79 Å². The van der Waals surface area contributed by atoms with Crippen molar-refractivity contribution in [2.45, 2.75) is 13.8 Å². The number of nitro groups is 1. The van der Waals surface area contributed by atoms with Crippen LogP contribution < -0.4 is 11.1 Å². The zero-order valence-corrected chi connectivity index (χ0v) is 13.3. The lowest BCUT2D eigenvalue weighted by molar-refractivity contribution is -0.384. The fraction of sp³-hybridized carbons (Fsp3) is 0.308. The van der Waals surface area contributed by atoms with E-state index < -0.39 is 11.0 Å². The SMILES string of the molecule is CC(CNc1cccc(Br)c1[N+](=O)[O-])=C(C)COC(N)=O. The second-order valence-corrected chi connectivity index (χ2v) is 5.27. The Bertz CT molecular complexity index is 587. The third kappa shape index (κ3) is 5.07. The van der Waals surface area contributed by atoms with E-state index in [0.717, 1.165) is 11.1 Å². The molecule has 0 aliphatic rings. The summed E-state index contributed by atoms with van der Waals surface area (Å²) in [4.78, 5) is 21.1. The zero-order chi connectivity index (χ0) is 16.0. The molecule has 21 heavy (non-hydrogen) atoms. The fourth-order valence-corrected chi connectivity index (χ4v) is 2.04. The molecular weight excluding hydrogens is 342 g/mol. The first kappa shape index (κ1) is 17.0. The maximum atomic E-state index is 11.1. The molecule has 7 nitrogen and oxygen atoms in total. The number of hydrogen-bond donors (Lipinski definition) is 2. The van der Waals surface area contributed by atoms with Crippen LogP contribution in [0.4, 0.5) is 16.2 Å². The van der Waals surface area contributed by atoms with Gasteiger partial charge in [-0.05, 0) is 47.5 Å². The summed E-state index contributed by atoms with van der Waals surface area (Å²) in [5.74, 6) is 0. The van der Waals surface area contributed by atoms with E-state index in [-0.39, 0.29) is 12.3 Å². The van der Waals surface area contributed by atoms with E-state index in [1.54, 1.807) is 25.1 Å². The van der Waals surface area contributed by atoms with E-state index in [2.05, 4.69) is 21.2 Å². The second-order valence-electron chi connectivity index (χ2n) is 4.42. The van der Waals surface area contributed by atoms with Crippen molar-refractivity contribution in [3.05, 3.63) is 43.9 Å². The van der Waals surface area contributed by atoms with E-state index in [1.807, 2.05) is 6.92 Å². The van der Waals surface area contributed by atoms with Gasteiger partial charge in [0.15, 0.2) is 0 Å². The standard InChI is InChI=1S/C13H16BrN3O4/c1-8(9(2)7-21-13(15)18)6-16-11-5-3-4-10(14)12(11)17(19)20/h3-5,16H,6-7H2,1-2H3,(H2,15,18). The highest BCUT2D eigenvalue weighted by molar-refractivity contribution is 9.10. The maximum absolute atomic E-state index is 11.1. The number of carbonyl (C=O) groups is 1. The fourth-order valence-electron chi connectivity index (χ4n) is 1.52. The molecule has 3 N–H and O–H groups in total. The number of anilines is 1. The van der Waals surface area contributed by atoms with Gasteiger partial charge < -0.3 is 15.8 Å². The number of nitrogens with two attached hydrogens (primary N) is 1. The lowest BCUT2D eigenvalue weighted by Gasteiger charge is -2.11. The smallest absolute Gasteiger partial charge is 0.404 e. The van der Waals surface area contributed by atoms with E-state index >= 15 is 0 Å². The number of nitrogens with one attached hydrogen (secondary N) is 1. The molecule has 0 heterocycles. The van der Waals surface area contributed by atoms with Gasteiger partial charge >= 0.3 is 11.8 Å². The van der Waals surface area contributed by atoms with Crippen LogP contribution in [0.1, 0.15) is 13.8 Å². The Balaban J connectivity index is 2.80. The largest absolute Gasteiger partial charge is 0.445 e. The lowest BCUT2D eigenvalue weighted by Crippen LogP contribution is -2.15. The van der Waals surface area contributed by atoms with Crippen molar-refractivity contribution >= 4 is 33.4 Å². The molecule has 0 atom stereocenters. The summed E-state index contributed by atoms with van der Waals surface area (Å²) in [6, 6.07) is 4.95. The normalized spacial score (nSPS) is 11.6. The maximum Gasteiger partial charge on any atom is 0.404 e. The van der Waals surface area contributed by atoms with Crippen LogP contribution in [-0.2, 0) is 4.74 Å². The number of amides is 1. The molecule has 0 saturated carbocycles. The molecule has 0 aliphatic heterocycles. The molecule has 1 aromatic rings. The van der Waals surface area contributed by atoms with Crippen molar-refractivity contribution in [2.24, 2.45) is 5.73 Å². The molecule has 1 rings (SSSR count). The van der Waals surface area contributed by atoms with Crippen LogP contribution in [0.25, 0.3) is 0 Å². The number of ether oxygens (including phenoxy) is 1. The van der Waals surface area contributed by atoms with E-state index in [0.29, 0.717) is 16.7 Å². The summed E-state index contributed by atoms with van der Waals surface area (Å²) in [5.41, 5.74) is 7.03. The number of nitrogens with zero attached hydrogens (tertiary/aromatic N) is 1. The molecular formula is C13H16BrN3O4. The number of hydrogen-bond acceptors (Lipinski definition) is 5. The first-order valence-electron chi connectivity index (χ1n) is 6.07. The van der Waals surface area contributed by atoms with Gasteiger partial charge in [0, 0.05) is 6.54 Å². The molecule has 0 bridgehead atoms. The summed E-state index contributed by atoms with van der Waals surface area (Å²) in [5, 5.41) is 14.1. The first-order valence-corrected chi connectivity index (χ1v) is 6.86. The minimum atomic E-state index is -0.835. The highest BCUT2D eigenvalue weighted by Crippen LogP contribution is 2.32. The lowest BCUT2D eigenvalue weighted by atomic mass is 10.1. The number of carbonyl (C=O) groups excluding carboxylic acids is 1. The summed E-state index contributed by atoms with van der Waals surface area (Å²) in [6.07, 6.45) is -0.835. The Morgan fingerprint density at radius 1 is 1.43 bits per heavy atom. The molecule has 0 radical (unpaired) electrons. The molecule has 1 amide bonds. The van der Waals surface area contributed by atoms with Crippen LogP contribution in [0.3, 0.4) is 0 Å². The van der Waals surface area contributed by atoms with E-state index in [1.165, 1.54) is 0 Å². The van der Waals surface area contributed by atoms with Crippen molar-refractivity contribution in [3.8, 4) is 0 Å². The molecule has 0 fully saturated rings. The van der Waals surface area contributed by atoms with Gasteiger partial charge in [-0.2, -0.15) is 0 Å². The predicted molar refractivity (Wildman–Crippen MR) is 83.2 cm³/mol. The average Bonchev–Trinajstić information content (AvgIpc) is 2.41. The van der Waals surface area contributed by atoms with Crippen LogP contribution in [0.5, 0.6) is 0 Å². The van der Waals surface area contributed by atoms with Gasteiger partial charge in [-0.15, -0.1) is 0 Å². The van der Waals surface area contributed by atoms with Crippen molar-refractivity contribution in [1.82, 2.24) is 0 Å². The van der Waals surface area contributed by atoms with Crippen molar-refractivity contribution < 1.29 is 14.5 Å². The number of halogens is 1. The second kappa shape index (κ2) is 7.63. The predicted octanol–water partition coefficient (Wildman–Crippen LogP) is 3.20. The Labute approximate surface area is 130 Å². The number of nitro benzene ring substituents is 1. The Morgan fingerprint density at radius 2 is 2.10 bits per heavy atom. The quantitative estimate of drug-likeness (QED) is 0.461. The Hall–Kier alpha value is -2.09. The third-order valence-corrected chi connectivity index (χ3v) is 3.51. The van der Waals surface area contributed by atoms with E-state index in [4.69, 9.17) is 10.5 Å². The van der Waals surface area contributed by atoms with Gasteiger partial charge in [0.05, 0.1) is 9.40 Å². The van der Waals surface area contributed by atoms with Crippen LogP contribution >= 0.6 is 15.9 Å². The van der Waals surface area contributed by atoms with Gasteiger partial charge in [0.2, 0.25) is 0 Å². The third-order valence-electron chi connectivity index (χ3n) is 2.87. The number of para-hydroxylation sites is 1. The average molecular weight is 358 g/mol. The first-order chi connectivity index (χ1) is 9.82. The molecule has 0 spiro atoms. The van der Waals surface area contributed by atoms with Gasteiger partial charge in [0.25, 0.3) is 0 Å². The molecule has 0 saturated heterocycles. The number of primary amides is 1. The Kier molecular flexibility index (Phi) is 6.16. The van der Waals surface area contributed by atoms with Gasteiger partial charge in [-0.3, -0.25) is 10.1 Å². The highest BCUT2D eigenvalue weighted by Gasteiger charge is 2.17. The monoisotopic (exact) mass is 357 g/mol. The molecule has 0 unspecified atom stereocenters. The molecule has 1 aromatic carbocycles. The van der Waals surface area contributed by atoms with Gasteiger partial charge in [0.1, 0.15) is 12.3 Å². The van der Waals surface area contributed by atoms with Crippen molar-refractivity contribution in [1.29, 1.82) is 0 Å². The summed E-state index contributed by atoms with van der Waals surface area (Å²) in [7, 11) is 0. The summed E-state index contributed by atoms with van der Waals surface area (Å²) < 4.78 is 5.11.